The van der Waals surface area contributed by atoms with Crippen molar-refractivity contribution in [1.29, 1.82) is 0 Å². The number of aryl methyl sites for hydroxylation is 3. The Morgan fingerprint density at radius 3 is 2.62 bits per heavy atom. The molecule has 5 rings (SSSR count). The molecule has 0 atom stereocenters. The zero-order chi connectivity index (χ0) is 23.7. The number of carbonyl (C=O) groups excluding carboxylic acids is 1. The largest absolute Gasteiger partial charge is 0.466 e. The minimum absolute atomic E-state index is 0.320. The summed E-state index contributed by atoms with van der Waals surface area (Å²) >= 11 is 3.16. The number of benzene rings is 2. The number of hydrazone groups is 1. The first-order valence-electron chi connectivity index (χ1n) is 10.6. The van der Waals surface area contributed by atoms with E-state index in [4.69, 9.17) is 14.5 Å². The van der Waals surface area contributed by atoms with Gasteiger partial charge in [0.2, 0.25) is 0 Å². The number of hydrogen-bond donors (Lipinski definition) is 1. The number of nitrogens with one attached hydrogen (secondary N) is 1. The Hall–Kier alpha value is -3.69. The molecule has 9 heteroatoms. The van der Waals surface area contributed by atoms with Crippen LogP contribution >= 0.6 is 23.1 Å². The number of aromatic nitrogens is 3. The highest BCUT2D eigenvalue weighted by molar-refractivity contribution is 8.01. The molecule has 5 aromatic rings. The van der Waals surface area contributed by atoms with Crippen LogP contribution in [0.1, 0.15) is 33.1 Å². The molecule has 1 amide bonds. The molecule has 1 N–H and O–H groups in total. The highest BCUT2D eigenvalue weighted by Crippen LogP contribution is 2.37. The summed E-state index contributed by atoms with van der Waals surface area (Å²) in [7, 11) is 0. The fourth-order valence-electron chi connectivity index (χ4n) is 3.56. The van der Waals surface area contributed by atoms with E-state index in [0.29, 0.717) is 17.1 Å². The van der Waals surface area contributed by atoms with E-state index in [1.807, 2.05) is 60.1 Å². The Morgan fingerprint density at radius 1 is 1.12 bits per heavy atom. The number of hydrogen-bond acceptors (Lipinski definition) is 7. The number of thiazole rings is 1. The molecule has 0 radical (unpaired) electrons. The second-order valence-electron chi connectivity index (χ2n) is 7.63. The number of rotatable bonds is 6. The molecule has 3 heterocycles. The van der Waals surface area contributed by atoms with Gasteiger partial charge in [-0.3, -0.25) is 4.79 Å². The van der Waals surface area contributed by atoms with Crippen LogP contribution < -0.4 is 5.43 Å². The maximum atomic E-state index is 12.5. The second-order valence-corrected chi connectivity index (χ2v) is 9.89. The number of fused-ring (bicyclic) bond motifs is 1. The summed E-state index contributed by atoms with van der Waals surface area (Å²) in [6, 6.07) is 19.7. The molecule has 0 unspecified atom stereocenters. The predicted octanol–water partition coefficient (Wildman–Crippen LogP) is 5.92. The first kappa shape index (κ1) is 22.1. The van der Waals surface area contributed by atoms with Gasteiger partial charge < -0.3 is 4.42 Å². The van der Waals surface area contributed by atoms with Crippen molar-refractivity contribution in [2.24, 2.45) is 5.10 Å². The van der Waals surface area contributed by atoms with E-state index in [9.17, 15) is 4.79 Å². The van der Waals surface area contributed by atoms with Crippen molar-refractivity contribution in [3.63, 3.8) is 0 Å². The summed E-state index contributed by atoms with van der Waals surface area (Å²) in [6.45, 7) is 5.49. The Kier molecular flexibility index (Phi) is 6.04. The molecule has 7 nitrogen and oxygen atoms in total. The first-order chi connectivity index (χ1) is 16.5. The van der Waals surface area contributed by atoms with E-state index in [-0.39, 0.29) is 5.91 Å². The van der Waals surface area contributed by atoms with Gasteiger partial charge in [-0.2, -0.15) is 10.2 Å². The van der Waals surface area contributed by atoms with Gasteiger partial charge in [0.1, 0.15) is 16.5 Å². The molecule has 0 saturated carbocycles. The van der Waals surface area contributed by atoms with Crippen LogP contribution in [0.4, 0.5) is 0 Å². The van der Waals surface area contributed by atoms with E-state index in [0.717, 1.165) is 36.5 Å². The molecule has 0 saturated heterocycles. The number of furan rings is 1. The molecule has 2 aromatic carbocycles. The number of para-hydroxylation sites is 2. The van der Waals surface area contributed by atoms with Crippen LogP contribution in [0.15, 0.2) is 79.5 Å². The lowest BCUT2D eigenvalue weighted by Gasteiger charge is -2.06. The summed E-state index contributed by atoms with van der Waals surface area (Å²) < 4.78 is 9.36. The molecule has 34 heavy (non-hydrogen) atoms. The van der Waals surface area contributed by atoms with Crippen LogP contribution in [0.25, 0.3) is 15.9 Å². The monoisotopic (exact) mass is 487 g/mol. The van der Waals surface area contributed by atoms with Crippen LogP contribution in [-0.4, -0.2) is 26.9 Å². The van der Waals surface area contributed by atoms with Gasteiger partial charge in [-0.05, 0) is 62.9 Å². The van der Waals surface area contributed by atoms with Crippen molar-refractivity contribution < 1.29 is 9.21 Å². The zero-order valence-corrected chi connectivity index (χ0v) is 20.4. The van der Waals surface area contributed by atoms with Crippen molar-refractivity contribution in [3.8, 4) is 5.69 Å². The molecule has 0 bridgehead atoms. The third-order valence-corrected chi connectivity index (χ3v) is 7.35. The van der Waals surface area contributed by atoms with Gasteiger partial charge >= 0.3 is 0 Å². The number of carbonyl (C=O) groups is 1. The fourth-order valence-corrected chi connectivity index (χ4v) is 5.78. The summed E-state index contributed by atoms with van der Waals surface area (Å²) in [5, 5.41) is 9.86. The van der Waals surface area contributed by atoms with E-state index in [1.54, 1.807) is 37.5 Å². The minimum atomic E-state index is -0.320. The average Bonchev–Trinajstić information content (AvgIpc) is 3.49. The molecule has 0 fully saturated rings. The summed E-state index contributed by atoms with van der Waals surface area (Å²) in [6.07, 6.45) is 1.64. The highest BCUT2D eigenvalue weighted by Gasteiger charge is 2.19. The van der Waals surface area contributed by atoms with Crippen molar-refractivity contribution in [2.75, 3.05) is 0 Å². The topological polar surface area (TPSA) is 85.3 Å². The van der Waals surface area contributed by atoms with E-state index >= 15 is 0 Å². The molecule has 3 aromatic heterocycles. The van der Waals surface area contributed by atoms with Crippen molar-refractivity contribution in [3.05, 3.63) is 89.0 Å². The molecule has 0 aliphatic rings. The third kappa shape index (κ3) is 4.40. The quantitative estimate of drug-likeness (QED) is 0.238. The lowest BCUT2D eigenvalue weighted by molar-refractivity contribution is 0.0953. The average molecular weight is 488 g/mol. The van der Waals surface area contributed by atoms with Gasteiger partial charge in [0.15, 0.2) is 4.34 Å². The standard InChI is InChI=1S/C25H21N5O2S2/c1-15-13-19(17(3)32-15)23(31)28-26-14-20-16(2)29-30(18-9-5-4-6-10-18)24(20)34-25-27-21-11-7-8-12-22(21)33-25/h4-14H,1-3H3,(H,28,31)/b26-14-. The van der Waals surface area contributed by atoms with Gasteiger partial charge in [0, 0.05) is 0 Å². The molecule has 0 spiro atoms. The van der Waals surface area contributed by atoms with E-state index < -0.39 is 0 Å². The van der Waals surface area contributed by atoms with Crippen molar-refractivity contribution in [2.45, 2.75) is 30.1 Å². The Balaban J connectivity index is 1.49. The Labute approximate surface area is 204 Å². The third-order valence-electron chi connectivity index (χ3n) is 5.17. The van der Waals surface area contributed by atoms with Crippen molar-refractivity contribution in [1.82, 2.24) is 20.2 Å². The lowest BCUT2D eigenvalue weighted by atomic mass is 10.2. The molecule has 170 valence electrons. The van der Waals surface area contributed by atoms with Gasteiger partial charge in [-0.25, -0.2) is 15.1 Å². The van der Waals surface area contributed by atoms with Crippen LogP contribution in [0.5, 0.6) is 0 Å². The number of nitrogens with zero attached hydrogens (tertiary/aromatic N) is 4. The summed E-state index contributed by atoms with van der Waals surface area (Å²) in [5.41, 5.74) is 6.57. The summed E-state index contributed by atoms with van der Waals surface area (Å²) in [5.74, 6) is 0.922. The Bertz CT molecular complexity index is 1480. The maximum absolute atomic E-state index is 12.5. The normalized spacial score (nSPS) is 11.5. The second kappa shape index (κ2) is 9.28. The van der Waals surface area contributed by atoms with Gasteiger partial charge in [-0.1, -0.05) is 30.3 Å². The first-order valence-corrected chi connectivity index (χ1v) is 12.2. The molecular weight excluding hydrogens is 466 g/mol. The lowest BCUT2D eigenvalue weighted by Crippen LogP contribution is -2.17. The molecule has 0 aliphatic heterocycles. The SMILES string of the molecule is Cc1cc(C(=O)N/N=C\c2c(C)nn(-c3ccccc3)c2Sc2nc3ccccc3s2)c(C)o1. The van der Waals surface area contributed by atoms with Gasteiger partial charge in [0.25, 0.3) is 5.91 Å². The smallest absolute Gasteiger partial charge is 0.274 e. The van der Waals surface area contributed by atoms with E-state index in [2.05, 4.69) is 16.6 Å². The van der Waals surface area contributed by atoms with Crippen LogP contribution in [-0.2, 0) is 0 Å². The number of amides is 1. The van der Waals surface area contributed by atoms with Gasteiger partial charge in [0.05, 0.1) is 38.9 Å². The molecular formula is C25H21N5O2S2. The highest BCUT2D eigenvalue weighted by atomic mass is 32.2. The van der Waals surface area contributed by atoms with Crippen LogP contribution in [0, 0.1) is 20.8 Å². The van der Waals surface area contributed by atoms with Crippen LogP contribution in [0.2, 0.25) is 0 Å². The minimum Gasteiger partial charge on any atom is -0.466 e. The van der Waals surface area contributed by atoms with Gasteiger partial charge in [-0.15, -0.1) is 11.3 Å². The van der Waals surface area contributed by atoms with Crippen molar-refractivity contribution >= 4 is 45.4 Å². The predicted molar refractivity (Wildman–Crippen MR) is 135 cm³/mol. The Morgan fingerprint density at radius 2 is 1.88 bits per heavy atom. The van der Waals surface area contributed by atoms with E-state index in [1.165, 1.54) is 11.8 Å². The molecule has 0 aliphatic carbocycles. The maximum Gasteiger partial charge on any atom is 0.274 e. The fraction of sp³-hybridized carbons (Fsp3) is 0.120. The zero-order valence-electron chi connectivity index (χ0n) is 18.8. The summed E-state index contributed by atoms with van der Waals surface area (Å²) in [4.78, 5) is 17.3. The van der Waals surface area contributed by atoms with Crippen LogP contribution in [0.3, 0.4) is 0 Å².